The molecule has 3 aromatic rings. The van der Waals surface area contributed by atoms with Crippen LogP contribution in [0.4, 0.5) is 5.82 Å². The highest BCUT2D eigenvalue weighted by molar-refractivity contribution is 5.58. The van der Waals surface area contributed by atoms with Gasteiger partial charge in [0.2, 0.25) is 5.88 Å². The number of nitrogens with one attached hydrogen (secondary N) is 3. The van der Waals surface area contributed by atoms with Crippen molar-refractivity contribution in [3.05, 3.63) is 39.1 Å². The standard InChI is InChI=1S/C18H21N7O3/c26-13-3-1-2-11(13)21-14-7-15(20-10-4-5-10)25-16(23-14)9(8-19-25)6-12-17(27)24-18(28)22-12/h6-8,10-11,13,21,26-27H,1-5H2,(H2,22,24,28)/t11-,13-/m0/s1. The molecule has 2 fully saturated rings. The number of hydrogen-bond acceptors (Lipinski definition) is 7. The molecule has 0 aromatic carbocycles. The first kappa shape index (κ1) is 17.0. The Labute approximate surface area is 158 Å². The number of rotatable bonds is 4. The second-order valence-electron chi connectivity index (χ2n) is 7.43. The largest absolute Gasteiger partial charge is 0.493 e. The lowest BCUT2D eigenvalue weighted by atomic mass is 10.2. The van der Waals surface area contributed by atoms with Crippen molar-refractivity contribution in [1.82, 2.24) is 24.6 Å². The number of fused-ring (bicyclic) bond motifs is 1. The molecule has 3 heterocycles. The van der Waals surface area contributed by atoms with Crippen LogP contribution in [0.25, 0.3) is 11.7 Å². The summed E-state index contributed by atoms with van der Waals surface area (Å²) < 4.78 is 1.65. The molecule has 28 heavy (non-hydrogen) atoms. The van der Waals surface area contributed by atoms with Gasteiger partial charge in [0.05, 0.1) is 24.4 Å². The molecule has 2 aliphatic rings. The van der Waals surface area contributed by atoms with Crippen LogP contribution in [0.2, 0.25) is 0 Å². The maximum Gasteiger partial charge on any atom is 0.326 e. The number of aliphatic hydroxyl groups is 1. The van der Waals surface area contributed by atoms with E-state index >= 15 is 0 Å². The molecule has 0 radical (unpaired) electrons. The van der Waals surface area contributed by atoms with Crippen LogP contribution < -0.4 is 21.7 Å². The summed E-state index contributed by atoms with van der Waals surface area (Å²) in [6.07, 6.45) is 7.61. The molecule has 146 valence electrons. The average molecular weight is 383 g/mol. The number of nitrogens with zero attached hydrogens (tertiary/aromatic N) is 4. The Hall–Kier alpha value is -3.14. The molecular weight excluding hydrogens is 362 g/mol. The summed E-state index contributed by atoms with van der Waals surface area (Å²) in [5.74, 6) is 0.385. The lowest BCUT2D eigenvalue weighted by Gasteiger charge is -2.17. The molecule has 5 rings (SSSR count). The molecule has 2 atom stereocenters. The summed E-state index contributed by atoms with van der Waals surface area (Å²) >= 11 is 0. The molecular formula is C18H21N7O3. The van der Waals surface area contributed by atoms with Crippen molar-refractivity contribution < 1.29 is 10.2 Å². The van der Waals surface area contributed by atoms with E-state index in [4.69, 9.17) is 4.99 Å². The van der Waals surface area contributed by atoms with Crippen molar-refractivity contribution in [1.29, 1.82) is 0 Å². The number of anilines is 1. The van der Waals surface area contributed by atoms with Gasteiger partial charge < -0.3 is 20.5 Å². The van der Waals surface area contributed by atoms with E-state index in [1.165, 1.54) is 0 Å². The van der Waals surface area contributed by atoms with Crippen molar-refractivity contribution in [2.75, 3.05) is 5.32 Å². The van der Waals surface area contributed by atoms with Crippen LogP contribution in [0.15, 0.2) is 22.1 Å². The number of H-pyrrole nitrogens is 2. The highest BCUT2D eigenvalue weighted by Crippen LogP contribution is 2.23. The van der Waals surface area contributed by atoms with E-state index in [-0.39, 0.29) is 23.7 Å². The summed E-state index contributed by atoms with van der Waals surface area (Å²) in [5.41, 5.74) is 1.01. The van der Waals surface area contributed by atoms with Gasteiger partial charge in [-0.15, -0.1) is 0 Å². The fourth-order valence-electron chi connectivity index (χ4n) is 3.57. The van der Waals surface area contributed by atoms with E-state index in [1.54, 1.807) is 16.8 Å². The first-order valence-corrected chi connectivity index (χ1v) is 9.47. The molecule has 10 heteroatoms. The zero-order chi connectivity index (χ0) is 19.3. The third kappa shape index (κ3) is 3.15. The van der Waals surface area contributed by atoms with Gasteiger partial charge in [0.15, 0.2) is 11.1 Å². The van der Waals surface area contributed by atoms with Gasteiger partial charge in [0.1, 0.15) is 11.5 Å². The third-order valence-electron chi connectivity index (χ3n) is 5.19. The zero-order valence-electron chi connectivity index (χ0n) is 15.1. The van der Waals surface area contributed by atoms with Crippen LogP contribution in [0.3, 0.4) is 0 Å². The van der Waals surface area contributed by atoms with E-state index in [9.17, 15) is 15.0 Å². The number of aromatic amines is 2. The highest BCUT2D eigenvalue weighted by atomic mass is 16.3. The van der Waals surface area contributed by atoms with Crippen LogP contribution in [0.5, 0.6) is 5.88 Å². The van der Waals surface area contributed by atoms with Gasteiger partial charge in [-0.2, -0.15) is 9.61 Å². The Bertz CT molecular complexity index is 1200. The molecule has 0 unspecified atom stereocenters. The molecule has 0 aliphatic heterocycles. The summed E-state index contributed by atoms with van der Waals surface area (Å²) in [6, 6.07) is 2.12. The molecule has 3 aromatic heterocycles. The van der Waals surface area contributed by atoms with Crippen LogP contribution in [0, 0.1) is 0 Å². The maximum absolute atomic E-state index is 11.4. The molecule has 0 bridgehead atoms. The Morgan fingerprint density at radius 2 is 2.14 bits per heavy atom. The number of aromatic nitrogens is 5. The highest BCUT2D eigenvalue weighted by Gasteiger charge is 2.26. The van der Waals surface area contributed by atoms with Gasteiger partial charge >= 0.3 is 5.69 Å². The van der Waals surface area contributed by atoms with Crippen LogP contribution >= 0.6 is 0 Å². The second kappa shape index (κ2) is 6.48. The van der Waals surface area contributed by atoms with Crippen LogP contribution in [0.1, 0.15) is 37.8 Å². The Morgan fingerprint density at radius 3 is 2.82 bits per heavy atom. The third-order valence-corrected chi connectivity index (χ3v) is 5.19. The first-order chi connectivity index (χ1) is 13.6. The van der Waals surface area contributed by atoms with Crippen molar-refractivity contribution in [3.8, 4) is 5.88 Å². The molecule has 0 saturated heterocycles. The predicted molar refractivity (Wildman–Crippen MR) is 101 cm³/mol. The van der Waals surface area contributed by atoms with Gasteiger partial charge in [0, 0.05) is 11.3 Å². The van der Waals surface area contributed by atoms with Gasteiger partial charge in [0.25, 0.3) is 0 Å². The molecule has 5 N–H and O–H groups in total. The van der Waals surface area contributed by atoms with Crippen molar-refractivity contribution in [3.63, 3.8) is 0 Å². The smallest absolute Gasteiger partial charge is 0.326 e. The lowest BCUT2D eigenvalue weighted by molar-refractivity contribution is 0.171. The van der Waals surface area contributed by atoms with Gasteiger partial charge in [-0.1, -0.05) is 0 Å². The maximum atomic E-state index is 11.4. The van der Waals surface area contributed by atoms with E-state index < -0.39 is 5.69 Å². The SMILES string of the molecule is O=c1[nH]c(O)c(C=c2cnn3c(=NC4CC4)cc(N[C@H]4CCC[C@@H]4O)nc23)[nH]1. The van der Waals surface area contributed by atoms with Gasteiger partial charge in [-0.25, -0.2) is 9.78 Å². The summed E-state index contributed by atoms with van der Waals surface area (Å²) in [4.78, 5) is 25.6. The normalized spacial score (nSPS) is 23.8. The topological polar surface area (TPSA) is 144 Å². The average Bonchev–Trinajstić information content (AvgIpc) is 3.10. The second-order valence-corrected chi connectivity index (χ2v) is 7.43. The van der Waals surface area contributed by atoms with E-state index in [2.05, 4.69) is 25.4 Å². The minimum absolute atomic E-state index is 0.0378. The number of aliphatic hydroxyl groups excluding tert-OH is 1. The fourth-order valence-corrected chi connectivity index (χ4v) is 3.57. The summed E-state index contributed by atoms with van der Waals surface area (Å²) in [7, 11) is 0. The van der Waals surface area contributed by atoms with Gasteiger partial charge in [-0.3, -0.25) is 9.98 Å². The molecule has 10 nitrogen and oxygen atoms in total. The molecule has 2 saturated carbocycles. The number of imidazole rings is 1. The summed E-state index contributed by atoms with van der Waals surface area (Å²) in [6.45, 7) is 0. The summed E-state index contributed by atoms with van der Waals surface area (Å²) in [5, 5.41) is 28.3. The predicted octanol–water partition coefficient (Wildman–Crippen LogP) is -0.613. The van der Waals surface area contributed by atoms with Gasteiger partial charge in [-0.05, 0) is 38.2 Å². The van der Waals surface area contributed by atoms with E-state index in [1.807, 2.05) is 6.07 Å². The first-order valence-electron chi connectivity index (χ1n) is 9.47. The number of aromatic hydroxyl groups is 1. The van der Waals surface area contributed by atoms with Crippen molar-refractivity contribution in [2.24, 2.45) is 4.99 Å². The van der Waals surface area contributed by atoms with Crippen LogP contribution in [-0.4, -0.2) is 53.0 Å². The Balaban J connectivity index is 1.65. The van der Waals surface area contributed by atoms with Crippen LogP contribution in [-0.2, 0) is 0 Å². The molecule has 0 spiro atoms. The molecule has 0 amide bonds. The minimum Gasteiger partial charge on any atom is -0.493 e. The lowest BCUT2D eigenvalue weighted by Crippen LogP contribution is -2.30. The Morgan fingerprint density at radius 1 is 1.29 bits per heavy atom. The zero-order valence-corrected chi connectivity index (χ0v) is 15.1. The quantitative estimate of drug-likeness (QED) is 0.406. The Kier molecular flexibility index (Phi) is 3.93. The number of hydrogen-bond donors (Lipinski definition) is 5. The minimum atomic E-state index is -0.491. The monoisotopic (exact) mass is 383 g/mol. The molecule has 2 aliphatic carbocycles. The van der Waals surface area contributed by atoms with Crippen molar-refractivity contribution in [2.45, 2.75) is 50.3 Å². The van der Waals surface area contributed by atoms with Crippen molar-refractivity contribution >= 4 is 17.5 Å². The van der Waals surface area contributed by atoms with E-state index in [0.717, 1.165) is 32.1 Å². The fraction of sp³-hybridized carbons (Fsp3) is 0.444. The van der Waals surface area contributed by atoms with E-state index in [0.29, 0.717) is 28.2 Å².